The van der Waals surface area contributed by atoms with Crippen LogP contribution >= 0.6 is 35.3 Å². The Morgan fingerprint density at radius 1 is 1.30 bits per heavy atom. The fraction of sp³-hybridized carbons (Fsp3) is 0.364. The highest BCUT2D eigenvalue weighted by atomic mass is 35.5. The summed E-state index contributed by atoms with van der Waals surface area (Å²) in [5.74, 6) is 1.10. The van der Waals surface area contributed by atoms with E-state index in [1.165, 1.54) is 17.7 Å². The Morgan fingerprint density at radius 2 is 2.03 bits per heavy atom. The number of likely N-dealkylation sites (tertiary alicyclic amines) is 1. The van der Waals surface area contributed by atoms with E-state index in [1.54, 1.807) is 29.5 Å². The molecular formula is C22H25Cl2N3O2S. The minimum atomic E-state index is -0.221. The average molecular weight is 466 g/mol. The Labute approximate surface area is 191 Å². The predicted octanol–water partition coefficient (Wildman–Crippen LogP) is 5.68. The number of nitrogens with zero attached hydrogens (tertiary/aromatic N) is 2. The molecule has 4 rings (SSSR count). The summed E-state index contributed by atoms with van der Waals surface area (Å²) >= 11 is 7.66. The molecule has 1 aromatic carbocycles. The number of halogens is 2. The zero-order valence-corrected chi connectivity index (χ0v) is 19.1. The molecule has 0 bridgehead atoms. The molecule has 0 spiro atoms. The Hall–Kier alpha value is -1.86. The maximum atomic E-state index is 12.7. The molecule has 1 fully saturated rings. The Morgan fingerprint density at radius 3 is 2.70 bits per heavy atom. The fourth-order valence-corrected chi connectivity index (χ4v) is 4.63. The van der Waals surface area contributed by atoms with Crippen LogP contribution in [0.4, 0.5) is 0 Å². The monoisotopic (exact) mass is 465 g/mol. The third kappa shape index (κ3) is 5.43. The van der Waals surface area contributed by atoms with Gasteiger partial charge in [-0.2, -0.15) is 0 Å². The van der Waals surface area contributed by atoms with Crippen molar-refractivity contribution >= 4 is 41.3 Å². The minimum Gasteiger partial charge on any atom is -0.355 e. The molecule has 1 unspecified atom stereocenters. The molecule has 2 aromatic heterocycles. The van der Waals surface area contributed by atoms with Gasteiger partial charge in [-0.1, -0.05) is 29.7 Å². The van der Waals surface area contributed by atoms with Crippen molar-refractivity contribution in [2.24, 2.45) is 5.92 Å². The molecule has 1 amide bonds. The summed E-state index contributed by atoms with van der Waals surface area (Å²) in [5, 5.41) is 9.74. The summed E-state index contributed by atoms with van der Waals surface area (Å²) < 4.78 is 5.36. The number of piperidine rings is 1. The second kappa shape index (κ2) is 10.4. The standard InChI is InChI=1S/C22H24ClN3O2S.ClH/c1-15-8-10-26(11-9-15)19(21-3-2-12-29-21)14-24-22(27)18-13-20(28-25-18)16-4-6-17(23)7-5-16;/h2-7,12-13,15,19H,8-11,14H2,1H3,(H,24,27);1H. The fourth-order valence-electron chi connectivity index (χ4n) is 3.64. The van der Waals surface area contributed by atoms with Gasteiger partial charge in [0.25, 0.3) is 5.91 Å². The van der Waals surface area contributed by atoms with Gasteiger partial charge in [-0.3, -0.25) is 9.69 Å². The zero-order chi connectivity index (χ0) is 20.2. The summed E-state index contributed by atoms with van der Waals surface area (Å²) in [6.07, 6.45) is 2.40. The summed E-state index contributed by atoms with van der Waals surface area (Å²) in [7, 11) is 0. The number of carbonyl (C=O) groups is 1. The smallest absolute Gasteiger partial charge is 0.273 e. The van der Waals surface area contributed by atoms with Crippen molar-refractivity contribution in [2.75, 3.05) is 19.6 Å². The number of hydrogen-bond donors (Lipinski definition) is 1. The summed E-state index contributed by atoms with van der Waals surface area (Å²) in [6, 6.07) is 13.3. The maximum absolute atomic E-state index is 12.7. The van der Waals surface area contributed by atoms with Crippen LogP contribution in [-0.4, -0.2) is 35.6 Å². The molecule has 1 saturated heterocycles. The topological polar surface area (TPSA) is 58.4 Å². The SMILES string of the molecule is CC1CCN(C(CNC(=O)c2cc(-c3ccc(Cl)cc3)on2)c2cccs2)CC1.Cl. The van der Waals surface area contributed by atoms with Gasteiger partial charge in [-0.05, 0) is 67.6 Å². The van der Waals surface area contributed by atoms with E-state index < -0.39 is 0 Å². The number of carbonyl (C=O) groups excluding carboxylic acids is 1. The van der Waals surface area contributed by atoms with E-state index in [4.69, 9.17) is 16.1 Å². The van der Waals surface area contributed by atoms with Gasteiger partial charge in [0.1, 0.15) is 0 Å². The normalized spacial score (nSPS) is 16.1. The number of thiophene rings is 1. The van der Waals surface area contributed by atoms with Gasteiger partial charge >= 0.3 is 0 Å². The van der Waals surface area contributed by atoms with Crippen LogP contribution in [0.5, 0.6) is 0 Å². The first kappa shape index (κ1) is 22.8. The third-order valence-electron chi connectivity index (χ3n) is 5.46. The van der Waals surface area contributed by atoms with Crippen molar-refractivity contribution in [3.05, 3.63) is 63.4 Å². The highest BCUT2D eigenvalue weighted by molar-refractivity contribution is 7.10. The number of rotatable bonds is 6. The van der Waals surface area contributed by atoms with Gasteiger partial charge in [0, 0.05) is 28.1 Å². The van der Waals surface area contributed by atoms with E-state index >= 15 is 0 Å². The molecule has 0 aliphatic carbocycles. The average Bonchev–Trinajstić information content (AvgIpc) is 3.42. The lowest BCUT2D eigenvalue weighted by molar-refractivity contribution is 0.0906. The lowest BCUT2D eigenvalue weighted by atomic mass is 9.97. The second-order valence-electron chi connectivity index (χ2n) is 7.54. The van der Waals surface area contributed by atoms with E-state index in [0.717, 1.165) is 24.6 Å². The molecule has 5 nitrogen and oxygen atoms in total. The van der Waals surface area contributed by atoms with Crippen LogP contribution in [0, 0.1) is 5.92 Å². The van der Waals surface area contributed by atoms with Crippen LogP contribution in [0.1, 0.15) is 41.2 Å². The molecule has 0 saturated carbocycles. The van der Waals surface area contributed by atoms with Gasteiger partial charge in [0.15, 0.2) is 11.5 Å². The number of amides is 1. The van der Waals surface area contributed by atoms with E-state index in [-0.39, 0.29) is 30.0 Å². The molecule has 1 atom stereocenters. The van der Waals surface area contributed by atoms with E-state index in [0.29, 0.717) is 17.3 Å². The molecule has 30 heavy (non-hydrogen) atoms. The molecule has 1 aliphatic rings. The lowest BCUT2D eigenvalue weighted by Crippen LogP contribution is -2.41. The van der Waals surface area contributed by atoms with Gasteiger partial charge in [0.05, 0.1) is 6.04 Å². The van der Waals surface area contributed by atoms with E-state index in [9.17, 15) is 4.79 Å². The van der Waals surface area contributed by atoms with Crippen LogP contribution in [0.25, 0.3) is 11.3 Å². The van der Waals surface area contributed by atoms with Crippen molar-refractivity contribution in [2.45, 2.75) is 25.8 Å². The van der Waals surface area contributed by atoms with Crippen molar-refractivity contribution in [1.82, 2.24) is 15.4 Å². The molecule has 1 N–H and O–H groups in total. The first-order chi connectivity index (χ1) is 14.1. The highest BCUT2D eigenvalue weighted by Crippen LogP contribution is 2.29. The van der Waals surface area contributed by atoms with Crippen LogP contribution in [0.2, 0.25) is 5.02 Å². The predicted molar refractivity (Wildman–Crippen MR) is 124 cm³/mol. The quantitative estimate of drug-likeness (QED) is 0.508. The largest absolute Gasteiger partial charge is 0.355 e. The van der Waals surface area contributed by atoms with Crippen LogP contribution < -0.4 is 5.32 Å². The van der Waals surface area contributed by atoms with Gasteiger partial charge in [-0.25, -0.2) is 0 Å². The van der Waals surface area contributed by atoms with Crippen molar-refractivity contribution in [3.8, 4) is 11.3 Å². The van der Waals surface area contributed by atoms with E-state index in [2.05, 4.69) is 39.8 Å². The number of aromatic nitrogens is 1. The first-order valence-electron chi connectivity index (χ1n) is 9.88. The van der Waals surface area contributed by atoms with Gasteiger partial charge in [-0.15, -0.1) is 23.7 Å². The second-order valence-corrected chi connectivity index (χ2v) is 8.96. The molecule has 3 heterocycles. The van der Waals surface area contributed by atoms with E-state index in [1.807, 2.05) is 12.1 Å². The maximum Gasteiger partial charge on any atom is 0.273 e. The summed E-state index contributed by atoms with van der Waals surface area (Å²) in [4.78, 5) is 16.4. The van der Waals surface area contributed by atoms with Crippen LogP contribution in [0.15, 0.2) is 52.4 Å². The van der Waals surface area contributed by atoms with Crippen molar-refractivity contribution < 1.29 is 9.32 Å². The van der Waals surface area contributed by atoms with Crippen molar-refractivity contribution in [3.63, 3.8) is 0 Å². The lowest BCUT2D eigenvalue weighted by Gasteiger charge is -2.36. The summed E-state index contributed by atoms with van der Waals surface area (Å²) in [6.45, 7) is 4.98. The minimum absolute atomic E-state index is 0. The molecular weight excluding hydrogens is 441 g/mol. The molecule has 3 aromatic rings. The van der Waals surface area contributed by atoms with Crippen LogP contribution in [-0.2, 0) is 0 Å². The Bertz CT molecular complexity index is 936. The highest BCUT2D eigenvalue weighted by Gasteiger charge is 2.26. The zero-order valence-electron chi connectivity index (χ0n) is 16.7. The summed E-state index contributed by atoms with van der Waals surface area (Å²) in [5.41, 5.74) is 1.12. The number of nitrogens with one attached hydrogen (secondary N) is 1. The number of benzene rings is 1. The first-order valence-corrected chi connectivity index (χ1v) is 11.1. The van der Waals surface area contributed by atoms with Crippen LogP contribution in [0.3, 0.4) is 0 Å². The molecule has 1 aliphatic heterocycles. The Kier molecular flexibility index (Phi) is 7.94. The van der Waals surface area contributed by atoms with Gasteiger partial charge < -0.3 is 9.84 Å². The molecule has 8 heteroatoms. The Balaban J connectivity index is 0.00000256. The molecule has 0 radical (unpaired) electrons. The number of hydrogen-bond acceptors (Lipinski definition) is 5. The molecule has 160 valence electrons. The van der Waals surface area contributed by atoms with Crippen molar-refractivity contribution in [1.29, 1.82) is 0 Å². The van der Waals surface area contributed by atoms with Gasteiger partial charge in [0.2, 0.25) is 0 Å². The third-order valence-corrected chi connectivity index (χ3v) is 6.68.